The highest BCUT2D eigenvalue weighted by Gasteiger charge is 2.41. The molecule has 1 aromatic carbocycles. The number of hydrogen-bond acceptors (Lipinski definition) is 6. The molecular weight excluding hydrogens is 492 g/mol. The first-order valence-electron chi connectivity index (χ1n) is 13.7. The van der Waals surface area contributed by atoms with Crippen LogP contribution < -0.4 is 4.74 Å². The summed E-state index contributed by atoms with van der Waals surface area (Å²) in [6, 6.07) is 3.88. The van der Waals surface area contributed by atoms with Crippen molar-refractivity contribution in [2.75, 3.05) is 72.6 Å². The van der Waals surface area contributed by atoms with Crippen LogP contribution in [0.1, 0.15) is 43.2 Å². The molecule has 0 bridgehead atoms. The Hall–Kier alpha value is -1.87. The minimum Gasteiger partial charge on any atom is -0.493 e. The predicted octanol–water partition coefficient (Wildman–Crippen LogP) is 2.57. The van der Waals surface area contributed by atoms with Crippen LogP contribution in [-0.4, -0.2) is 115 Å². The Labute approximate surface area is 226 Å². The zero-order valence-corrected chi connectivity index (χ0v) is 23.4. The number of aryl methyl sites for hydroxylation is 2. The van der Waals surface area contributed by atoms with Crippen molar-refractivity contribution in [1.82, 2.24) is 19.6 Å². The van der Waals surface area contributed by atoms with E-state index < -0.39 is 5.41 Å². The number of piperazine rings is 1. The number of piperidine rings is 2. The lowest BCUT2D eigenvalue weighted by Crippen LogP contribution is -2.54. The van der Waals surface area contributed by atoms with Crippen LogP contribution in [0.25, 0.3) is 0 Å². The summed E-state index contributed by atoms with van der Waals surface area (Å²) in [4.78, 5) is 35.1. The maximum atomic E-state index is 13.4. The van der Waals surface area contributed by atoms with Crippen LogP contribution >= 0.6 is 11.6 Å². The number of nitrogens with zero attached hydrogens (tertiary/aromatic N) is 4. The predicted molar refractivity (Wildman–Crippen MR) is 145 cm³/mol. The van der Waals surface area contributed by atoms with Crippen LogP contribution in [0, 0.1) is 19.3 Å². The van der Waals surface area contributed by atoms with Gasteiger partial charge in [-0.1, -0.05) is 11.6 Å². The molecule has 1 aromatic rings. The second-order valence-electron chi connectivity index (χ2n) is 11.4. The summed E-state index contributed by atoms with van der Waals surface area (Å²) < 4.78 is 6.34. The summed E-state index contributed by atoms with van der Waals surface area (Å²) in [5.74, 6) is 0.973. The van der Waals surface area contributed by atoms with Gasteiger partial charge in [0.05, 0.1) is 19.3 Å². The van der Waals surface area contributed by atoms with Crippen molar-refractivity contribution in [1.29, 1.82) is 0 Å². The SMILES string of the molecule is Cc1cc(OC[C@@]2(CC(=O)N3CCC(O)CC3)CCCN(C(=O)CN3CCN(C)CC3)C2)cc(C)c1Cl. The second kappa shape index (κ2) is 12.3. The molecule has 2 amide bonds. The molecule has 3 saturated heterocycles. The van der Waals surface area contributed by atoms with Gasteiger partial charge in [-0.15, -0.1) is 0 Å². The number of ether oxygens (including phenoxy) is 1. The Kier molecular flexibility index (Phi) is 9.38. The lowest BCUT2D eigenvalue weighted by Gasteiger charge is -2.44. The molecule has 0 aliphatic carbocycles. The number of likely N-dealkylation sites (tertiary alicyclic amines) is 2. The van der Waals surface area contributed by atoms with Crippen LogP contribution in [-0.2, 0) is 9.59 Å². The molecule has 1 N–H and O–H groups in total. The van der Waals surface area contributed by atoms with E-state index in [1.807, 2.05) is 35.8 Å². The highest BCUT2D eigenvalue weighted by Crippen LogP contribution is 2.36. The van der Waals surface area contributed by atoms with Gasteiger partial charge < -0.3 is 24.5 Å². The topological polar surface area (TPSA) is 76.6 Å². The van der Waals surface area contributed by atoms with E-state index in [0.717, 1.165) is 67.5 Å². The fourth-order valence-electron chi connectivity index (χ4n) is 5.80. The van der Waals surface area contributed by atoms with Gasteiger partial charge in [0.2, 0.25) is 11.8 Å². The van der Waals surface area contributed by atoms with E-state index in [4.69, 9.17) is 16.3 Å². The van der Waals surface area contributed by atoms with E-state index in [1.165, 1.54) is 0 Å². The van der Waals surface area contributed by atoms with Crippen molar-refractivity contribution in [2.45, 2.75) is 52.1 Å². The summed E-state index contributed by atoms with van der Waals surface area (Å²) in [5, 5.41) is 10.6. The monoisotopic (exact) mass is 534 g/mol. The zero-order valence-electron chi connectivity index (χ0n) is 22.7. The lowest BCUT2D eigenvalue weighted by atomic mass is 9.77. The van der Waals surface area contributed by atoms with Crippen molar-refractivity contribution in [2.24, 2.45) is 5.41 Å². The van der Waals surface area contributed by atoms with Crippen molar-refractivity contribution >= 4 is 23.4 Å². The summed E-state index contributed by atoms with van der Waals surface area (Å²) in [7, 11) is 2.11. The number of aliphatic hydroxyl groups excluding tert-OH is 1. The Morgan fingerprint density at radius 2 is 1.65 bits per heavy atom. The molecule has 1 atom stereocenters. The van der Waals surface area contributed by atoms with E-state index >= 15 is 0 Å². The third-order valence-corrected chi connectivity index (χ3v) is 8.86. The molecule has 206 valence electrons. The fourth-order valence-corrected chi connectivity index (χ4v) is 5.91. The van der Waals surface area contributed by atoms with E-state index in [-0.39, 0.29) is 17.9 Å². The molecule has 9 heteroatoms. The normalized spacial score (nSPS) is 24.4. The van der Waals surface area contributed by atoms with E-state index in [0.29, 0.717) is 52.0 Å². The average Bonchev–Trinajstić information content (AvgIpc) is 2.88. The van der Waals surface area contributed by atoms with Gasteiger partial charge in [-0.05, 0) is 69.8 Å². The molecule has 3 aliphatic rings. The van der Waals surface area contributed by atoms with Gasteiger partial charge in [0.15, 0.2) is 0 Å². The standard InChI is InChI=1S/C28H43ClN4O4/c1-21-15-24(16-22(2)27(21)29)37-20-28(17-25(35)32-9-5-23(34)6-10-32)7-4-8-33(19-28)26(36)18-31-13-11-30(3)12-14-31/h15-16,23,34H,4-14,17-20H2,1-3H3/t28-/m1/s1. The first-order valence-corrected chi connectivity index (χ1v) is 14.1. The molecule has 3 heterocycles. The highest BCUT2D eigenvalue weighted by atomic mass is 35.5. The van der Waals surface area contributed by atoms with Gasteiger partial charge in [0.25, 0.3) is 0 Å². The fraction of sp³-hybridized carbons (Fsp3) is 0.714. The van der Waals surface area contributed by atoms with Gasteiger partial charge >= 0.3 is 0 Å². The minimum absolute atomic E-state index is 0.0901. The average molecular weight is 535 g/mol. The number of benzene rings is 1. The van der Waals surface area contributed by atoms with Gasteiger partial charge in [-0.25, -0.2) is 0 Å². The molecule has 37 heavy (non-hydrogen) atoms. The van der Waals surface area contributed by atoms with Crippen LogP contribution in [0.5, 0.6) is 5.75 Å². The van der Waals surface area contributed by atoms with Crippen molar-refractivity contribution < 1.29 is 19.4 Å². The van der Waals surface area contributed by atoms with Gasteiger partial charge in [0, 0.05) is 69.2 Å². The molecule has 0 saturated carbocycles. The number of carbonyl (C=O) groups excluding carboxylic acids is 2. The number of carbonyl (C=O) groups is 2. The first kappa shape index (κ1) is 28.1. The summed E-state index contributed by atoms with van der Waals surface area (Å²) in [5.41, 5.74) is 1.47. The van der Waals surface area contributed by atoms with Gasteiger partial charge in [-0.2, -0.15) is 0 Å². The maximum absolute atomic E-state index is 13.4. The molecule has 0 spiro atoms. The van der Waals surface area contributed by atoms with Crippen LogP contribution in [0.2, 0.25) is 5.02 Å². The summed E-state index contributed by atoms with van der Waals surface area (Å²) >= 11 is 6.36. The number of rotatable bonds is 7. The van der Waals surface area contributed by atoms with Crippen LogP contribution in [0.3, 0.4) is 0 Å². The minimum atomic E-state index is -0.454. The van der Waals surface area contributed by atoms with E-state index in [9.17, 15) is 14.7 Å². The number of halogens is 1. The third-order valence-electron chi connectivity index (χ3n) is 8.27. The Morgan fingerprint density at radius 1 is 1.00 bits per heavy atom. The Bertz CT molecular complexity index is 936. The number of likely N-dealkylation sites (N-methyl/N-ethyl adjacent to an activating group) is 1. The molecule has 8 nitrogen and oxygen atoms in total. The first-order chi connectivity index (χ1) is 17.6. The molecule has 4 rings (SSSR count). The quantitative estimate of drug-likeness (QED) is 0.579. The third kappa shape index (κ3) is 7.37. The van der Waals surface area contributed by atoms with Crippen molar-refractivity contribution in [3.8, 4) is 5.75 Å². The Morgan fingerprint density at radius 3 is 2.30 bits per heavy atom. The molecule has 3 aliphatic heterocycles. The Balaban J connectivity index is 1.47. The molecule has 0 aromatic heterocycles. The maximum Gasteiger partial charge on any atom is 0.236 e. The van der Waals surface area contributed by atoms with Crippen LogP contribution in [0.4, 0.5) is 0 Å². The summed E-state index contributed by atoms with van der Waals surface area (Å²) in [6.45, 7) is 10.9. The lowest BCUT2D eigenvalue weighted by molar-refractivity contribution is -0.143. The van der Waals surface area contributed by atoms with Crippen LogP contribution in [0.15, 0.2) is 12.1 Å². The van der Waals surface area contributed by atoms with Gasteiger partial charge in [0.1, 0.15) is 5.75 Å². The number of aliphatic hydroxyl groups is 1. The molecule has 0 unspecified atom stereocenters. The molecule has 0 radical (unpaired) electrons. The molecule has 3 fully saturated rings. The number of hydrogen-bond donors (Lipinski definition) is 1. The second-order valence-corrected chi connectivity index (χ2v) is 11.8. The smallest absolute Gasteiger partial charge is 0.236 e. The summed E-state index contributed by atoms with van der Waals surface area (Å²) in [6.07, 6.45) is 2.94. The van der Waals surface area contributed by atoms with Crippen molar-refractivity contribution in [3.05, 3.63) is 28.3 Å². The number of amides is 2. The highest BCUT2D eigenvalue weighted by molar-refractivity contribution is 6.32. The van der Waals surface area contributed by atoms with E-state index in [1.54, 1.807) is 0 Å². The van der Waals surface area contributed by atoms with Gasteiger partial charge in [-0.3, -0.25) is 14.5 Å². The zero-order chi connectivity index (χ0) is 26.6. The molecular formula is C28H43ClN4O4. The van der Waals surface area contributed by atoms with E-state index in [2.05, 4.69) is 16.8 Å². The van der Waals surface area contributed by atoms with Crippen molar-refractivity contribution in [3.63, 3.8) is 0 Å². The largest absolute Gasteiger partial charge is 0.493 e.